The van der Waals surface area contributed by atoms with Gasteiger partial charge in [-0.15, -0.1) is 0 Å². The van der Waals surface area contributed by atoms with Crippen LogP contribution in [0.4, 0.5) is 4.39 Å². The standard InChI is InChI=1S/C16H12ClFN2O2/c17-7-1-2-8(10(18)5-7)9-6-11(16(19)21)20-15-13-4-3-12(22-13)14(9)15/h1-2,5-6,12-13H,3-4H2,(H2,19,21). The number of hydrogen-bond acceptors (Lipinski definition) is 3. The Balaban J connectivity index is 1.99. The maximum Gasteiger partial charge on any atom is 0.267 e. The highest BCUT2D eigenvalue weighted by molar-refractivity contribution is 6.30. The Morgan fingerprint density at radius 3 is 2.77 bits per heavy atom. The molecule has 0 radical (unpaired) electrons. The fraction of sp³-hybridized carbons (Fsp3) is 0.250. The number of carbonyl (C=O) groups is 1. The Morgan fingerprint density at radius 1 is 1.27 bits per heavy atom. The average Bonchev–Trinajstić information content (AvgIpc) is 3.08. The van der Waals surface area contributed by atoms with Crippen LogP contribution in [0.25, 0.3) is 11.1 Å². The largest absolute Gasteiger partial charge is 0.364 e. The first kappa shape index (κ1) is 13.7. The number of nitrogens with two attached hydrogens (primary N) is 1. The summed E-state index contributed by atoms with van der Waals surface area (Å²) >= 11 is 5.82. The summed E-state index contributed by atoms with van der Waals surface area (Å²) in [4.78, 5) is 15.9. The third kappa shape index (κ3) is 1.93. The minimum atomic E-state index is -0.638. The minimum absolute atomic E-state index is 0.0977. The molecule has 1 aromatic carbocycles. The fourth-order valence-electron chi connectivity index (χ4n) is 3.27. The van der Waals surface area contributed by atoms with Gasteiger partial charge in [-0.2, -0.15) is 0 Å². The van der Waals surface area contributed by atoms with Crippen LogP contribution in [0.3, 0.4) is 0 Å². The first-order chi connectivity index (χ1) is 10.5. The van der Waals surface area contributed by atoms with Gasteiger partial charge < -0.3 is 10.5 Å². The number of hydrogen-bond donors (Lipinski definition) is 1. The van der Waals surface area contributed by atoms with Gasteiger partial charge in [0.1, 0.15) is 17.6 Å². The molecule has 2 bridgehead atoms. The van der Waals surface area contributed by atoms with Crippen molar-refractivity contribution in [2.45, 2.75) is 25.0 Å². The Bertz CT molecular complexity index is 809. The number of carbonyl (C=O) groups excluding carboxylic acids is 1. The van der Waals surface area contributed by atoms with Crippen LogP contribution < -0.4 is 5.73 Å². The summed E-state index contributed by atoms with van der Waals surface area (Å²) in [6.45, 7) is 0. The van der Waals surface area contributed by atoms with E-state index in [-0.39, 0.29) is 17.9 Å². The molecule has 0 saturated carbocycles. The highest BCUT2D eigenvalue weighted by atomic mass is 35.5. The number of halogens is 2. The van der Waals surface area contributed by atoms with Gasteiger partial charge in [0.25, 0.3) is 5.91 Å². The number of rotatable bonds is 2. The van der Waals surface area contributed by atoms with Crippen molar-refractivity contribution in [1.29, 1.82) is 0 Å². The van der Waals surface area contributed by atoms with Gasteiger partial charge in [0.2, 0.25) is 0 Å². The number of benzene rings is 1. The van der Waals surface area contributed by atoms with Gasteiger partial charge in [-0.3, -0.25) is 4.79 Å². The molecule has 1 amide bonds. The van der Waals surface area contributed by atoms with Crippen molar-refractivity contribution in [3.05, 3.63) is 52.1 Å². The number of ether oxygens (including phenoxy) is 1. The summed E-state index contributed by atoms with van der Waals surface area (Å²) in [6.07, 6.45) is 1.50. The summed E-state index contributed by atoms with van der Waals surface area (Å²) < 4.78 is 20.2. The van der Waals surface area contributed by atoms with Crippen LogP contribution in [0, 0.1) is 5.82 Å². The lowest BCUT2D eigenvalue weighted by atomic mass is 9.88. The number of fused-ring (bicyclic) bond motifs is 5. The van der Waals surface area contributed by atoms with E-state index in [2.05, 4.69) is 4.98 Å². The number of pyridine rings is 1. The average molecular weight is 319 g/mol. The zero-order chi connectivity index (χ0) is 15.4. The number of aromatic nitrogens is 1. The third-order valence-electron chi connectivity index (χ3n) is 4.21. The van der Waals surface area contributed by atoms with Gasteiger partial charge in [-0.1, -0.05) is 11.6 Å². The molecule has 112 valence electrons. The monoisotopic (exact) mass is 318 g/mol. The van der Waals surface area contributed by atoms with E-state index < -0.39 is 11.7 Å². The van der Waals surface area contributed by atoms with Crippen LogP contribution in [-0.4, -0.2) is 10.9 Å². The normalized spacial score (nSPS) is 21.9. The van der Waals surface area contributed by atoms with Gasteiger partial charge >= 0.3 is 0 Å². The summed E-state index contributed by atoms with van der Waals surface area (Å²) in [5.41, 5.74) is 8.04. The molecule has 1 fully saturated rings. The molecule has 0 spiro atoms. The molecule has 2 aliphatic heterocycles. The lowest BCUT2D eigenvalue weighted by Gasteiger charge is -2.17. The van der Waals surface area contributed by atoms with E-state index in [1.165, 1.54) is 12.1 Å². The van der Waals surface area contributed by atoms with Crippen molar-refractivity contribution < 1.29 is 13.9 Å². The predicted octanol–water partition coefficient (Wildman–Crippen LogP) is 3.55. The van der Waals surface area contributed by atoms with Crippen LogP contribution in [0.1, 0.15) is 46.8 Å². The molecule has 2 N–H and O–H groups in total. The van der Waals surface area contributed by atoms with Crippen molar-refractivity contribution in [2.75, 3.05) is 0 Å². The molecule has 4 nitrogen and oxygen atoms in total. The lowest BCUT2D eigenvalue weighted by molar-refractivity contribution is 0.0704. The molecule has 6 heteroatoms. The molecule has 2 aromatic rings. The lowest BCUT2D eigenvalue weighted by Crippen LogP contribution is -2.16. The molecular formula is C16H12ClFN2O2. The van der Waals surface area contributed by atoms with E-state index in [1.54, 1.807) is 12.1 Å². The van der Waals surface area contributed by atoms with Gasteiger partial charge in [0.05, 0.1) is 11.8 Å². The molecule has 2 unspecified atom stereocenters. The van der Waals surface area contributed by atoms with Crippen molar-refractivity contribution in [2.24, 2.45) is 5.73 Å². The SMILES string of the molecule is NC(=O)c1cc(-c2ccc(Cl)cc2F)c2c(n1)C1CCC2O1. The Morgan fingerprint density at radius 2 is 2.05 bits per heavy atom. The van der Waals surface area contributed by atoms with Crippen molar-refractivity contribution in [3.8, 4) is 11.1 Å². The smallest absolute Gasteiger partial charge is 0.267 e. The van der Waals surface area contributed by atoms with Crippen LogP contribution in [0.2, 0.25) is 5.02 Å². The molecule has 2 atom stereocenters. The molecule has 1 aromatic heterocycles. The van der Waals surface area contributed by atoms with E-state index in [0.29, 0.717) is 21.8 Å². The zero-order valence-electron chi connectivity index (χ0n) is 11.5. The first-order valence-electron chi connectivity index (χ1n) is 7.00. The van der Waals surface area contributed by atoms with Gasteiger partial charge in [0, 0.05) is 16.1 Å². The number of primary amides is 1. The summed E-state index contributed by atoms with van der Waals surface area (Å²) in [5, 5.41) is 0.319. The molecule has 22 heavy (non-hydrogen) atoms. The van der Waals surface area contributed by atoms with Crippen molar-refractivity contribution in [3.63, 3.8) is 0 Å². The summed E-state index contributed by atoms with van der Waals surface area (Å²) in [6, 6.07) is 6.01. The highest BCUT2D eigenvalue weighted by Crippen LogP contribution is 2.53. The van der Waals surface area contributed by atoms with E-state index in [0.717, 1.165) is 18.4 Å². The van der Waals surface area contributed by atoms with E-state index >= 15 is 0 Å². The molecule has 3 heterocycles. The Labute approximate surface area is 131 Å². The molecule has 4 rings (SSSR count). The van der Waals surface area contributed by atoms with E-state index in [9.17, 15) is 9.18 Å². The van der Waals surface area contributed by atoms with Crippen LogP contribution in [0.15, 0.2) is 24.3 Å². The van der Waals surface area contributed by atoms with E-state index in [1.807, 2.05) is 0 Å². The van der Waals surface area contributed by atoms with Gasteiger partial charge in [0.15, 0.2) is 0 Å². The fourth-order valence-corrected chi connectivity index (χ4v) is 3.42. The zero-order valence-corrected chi connectivity index (χ0v) is 12.2. The van der Waals surface area contributed by atoms with Crippen LogP contribution in [0.5, 0.6) is 0 Å². The second-order valence-electron chi connectivity index (χ2n) is 5.53. The van der Waals surface area contributed by atoms with Crippen molar-refractivity contribution in [1.82, 2.24) is 4.98 Å². The van der Waals surface area contributed by atoms with E-state index in [4.69, 9.17) is 22.1 Å². The second-order valence-corrected chi connectivity index (χ2v) is 5.97. The Hall–Kier alpha value is -1.98. The summed E-state index contributed by atoms with van der Waals surface area (Å²) in [7, 11) is 0. The molecular weight excluding hydrogens is 307 g/mol. The number of amides is 1. The third-order valence-corrected chi connectivity index (χ3v) is 4.44. The van der Waals surface area contributed by atoms with Crippen LogP contribution in [-0.2, 0) is 4.74 Å². The van der Waals surface area contributed by atoms with Crippen molar-refractivity contribution >= 4 is 17.5 Å². The summed E-state index contributed by atoms with van der Waals surface area (Å²) in [5.74, 6) is -1.08. The van der Waals surface area contributed by atoms with Gasteiger partial charge in [-0.25, -0.2) is 9.37 Å². The number of nitrogens with zero attached hydrogens (tertiary/aromatic N) is 1. The molecule has 1 saturated heterocycles. The maximum absolute atomic E-state index is 14.3. The topological polar surface area (TPSA) is 65.2 Å². The first-order valence-corrected chi connectivity index (χ1v) is 7.38. The molecule has 2 aliphatic rings. The minimum Gasteiger partial charge on any atom is -0.364 e. The maximum atomic E-state index is 14.3. The quantitative estimate of drug-likeness (QED) is 0.921. The van der Waals surface area contributed by atoms with Crippen LogP contribution >= 0.6 is 11.6 Å². The van der Waals surface area contributed by atoms with Gasteiger partial charge in [-0.05, 0) is 42.7 Å². The predicted molar refractivity (Wildman–Crippen MR) is 79.0 cm³/mol. The highest BCUT2D eigenvalue weighted by Gasteiger charge is 2.42. The Kier molecular flexibility index (Phi) is 2.96. The molecule has 0 aliphatic carbocycles. The second kappa shape index (κ2) is 4.76.